The molecule has 0 saturated carbocycles. The van der Waals surface area contributed by atoms with E-state index in [1.807, 2.05) is 18.2 Å². The van der Waals surface area contributed by atoms with Gasteiger partial charge in [-0.2, -0.15) is 0 Å². The molecule has 106 valence electrons. The third-order valence-corrected chi connectivity index (χ3v) is 2.96. The van der Waals surface area contributed by atoms with Crippen molar-refractivity contribution in [1.82, 2.24) is 0 Å². The molecule has 1 aliphatic heterocycles. The molecule has 1 aliphatic rings. The first-order valence-electron chi connectivity index (χ1n) is 6.16. The Bertz CT molecular complexity index is 566. The zero-order valence-electron chi connectivity index (χ0n) is 11.4. The molecule has 0 amide bonds. The molecule has 6 heteroatoms. The molecule has 1 aromatic rings. The molecule has 0 aliphatic carbocycles. The summed E-state index contributed by atoms with van der Waals surface area (Å²) in [7, 11) is 2.50. The molecular weight excluding hydrogens is 260 g/mol. The molecule has 1 aromatic carbocycles. The van der Waals surface area contributed by atoms with E-state index in [1.54, 1.807) is 0 Å². The van der Waals surface area contributed by atoms with Crippen molar-refractivity contribution in [1.29, 1.82) is 0 Å². The lowest BCUT2D eigenvalue weighted by Gasteiger charge is -2.10. The molecular formula is C14H16N2O4. The van der Waals surface area contributed by atoms with Crippen LogP contribution in [0.5, 0.6) is 0 Å². The maximum atomic E-state index is 11.6. The molecule has 0 unspecified atom stereocenters. The fraction of sp³-hybridized carbons (Fsp3) is 0.286. The summed E-state index contributed by atoms with van der Waals surface area (Å²) in [6.45, 7) is 0.903. The Balaban J connectivity index is 2.21. The number of methoxy groups -OCH3 is 2. The van der Waals surface area contributed by atoms with Gasteiger partial charge >= 0.3 is 11.9 Å². The van der Waals surface area contributed by atoms with Crippen LogP contribution in [-0.2, 0) is 25.5 Å². The second-order valence-corrected chi connectivity index (χ2v) is 4.25. The van der Waals surface area contributed by atoms with Gasteiger partial charge in [0.05, 0.1) is 20.3 Å². The maximum absolute atomic E-state index is 11.6. The Kier molecular flexibility index (Phi) is 4.24. The minimum Gasteiger partial charge on any atom is -0.466 e. The predicted octanol–water partition coefficient (Wildman–Crippen LogP) is 1.30. The van der Waals surface area contributed by atoms with E-state index in [2.05, 4.69) is 20.1 Å². The highest BCUT2D eigenvalue weighted by atomic mass is 16.5. The van der Waals surface area contributed by atoms with Crippen molar-refractivity contribution in [3.05, 3.63) is 35.5 Å². The Hall–Kier alpha value is -2.50. The monoisotopic (exact) mass is 276 g/mol. The molecule has 0 saturated heterocycles. The quantitative estimate of drug-likeness (QED) is 0.637. The topological polar surface area (TPSA) is 76.7 Å². The molecule has 0 spiro atoms. The third kappa shape index (κ3) is 3.09. The number of benzene rings is 1. The van der Waals surface area contributed by atoms with E-state index < -0.39 is 11.9 Å². The number of fused-ring (bicyclic) bond motifs is 1. The first-order valence-corrected chi connectivity index (χ1v) is 6.16. The molecule has 1 heterocycles. The van der Waals surface area contributed by atoms with Gasteiger partial charge in [-0.15, -0.1) is 0 Å². The van der Waals surface area contributed by atoms with Crippen molar-refractivity contribution in [2.45, 2.75) is 6.42 Å². The van der Waals surface area contributed by atoms with Crippen molar-refractivity contribution in [3.63, 3.8) is 0 Å². The predicted molar refractivity (Wildman–Crippen MR) is 74.4 cm³/mol. The number of nitrogens with one attached hydrogen (secondary N) is 2. The van der Waals surface area contributed by atoms with Gasteiger partial charge in [0, 0.05) is 17.9 Å². The molecule has 0 bridgehead atoms. The van der Waals surface area contributed by atoms with Gasteiger partial charge in [-0.25, -0.2) is 9.59 Å². The van der Waals surface area contributed by atoms with Crippen LogP contribution in [0.25, 0.3) is 0 Å². The average molecular weight is 276 g/mol. The highest BCUT2D eigenvalue weighted by Crippen LogP contribution is 2.26. The van der Waals surface area contributed by atoms with E-state index in [4.69, 9.17) is 0 Å². The smallest absolute Gasteiger partial charge is 0.354 e. The number of anilines is 2. The fourth-order valence-corrected chi connectivity index (χ4v) is 1.97. The average Bonchev–Trinajstić information content (AvgIpc) is 2.93. The lowest BCUT2D eigenvalue weighted by Crippen LogP contribution is -2.15. The Morgan fingerprint density at radius 3 is 2.80 bits per heavy atom. The fourth-order valence-electron chi connectivity index (χ4n) is 1.97. The molecule has 2 rings (SSSR count). The number of carbonyl (C=O) groups excluding carboxylic acids is 2. The molecule has 0 radical (unpaired) electrons. The lowest BCUT2D eigenvalue weighted by atomic mass is 10.1. The normalized spacial score (nSPS) is 13.2. The van der Waals surface area contributed by atoms with E-state index in [0.717, 1.165) is 30.3 Å². The largest absolute Gasteiger partial charge is 0.466 e. The number of ether oxygens (including phenoxy) is 2. The first-order chi connectivity index (χ1) is 9.63. The molecule has 2 N–H and O–H groups in total. The van der Waals surface area contributed by atoms with Gasteiger partial charge in [-0.1, -0.05) is 0 Å². The second kappa shape index (κ2) is 6.10. The summed E-state index contributed by atoms with van der Waals surface area (Å²) in [6, 6.07) is 5.69. The Labute approximate surface area is 116 Å². The maximum Gasteiger partial charge on any atom is 0.354 e. The summed E-state index contributed by atoms with van der Waals surface area (Å²) in [5, 5.41) is 6.13. The number of esters is 2. The van der Waals surface area contributed by atoms with Crippen LogP contribution in [0.2, 0.25) is 0 Å². The van der Waals surface area contributed by atoms with Crippen LogP contribution in [0.4, 0.5) is 11.4 Å². The van der Waals surface area contributed by atoms with E-state index in [0.29, 0.717) is 5.69 Å². The summed E-state index contributed by atoms with van der Waals surface area (Å²) in [6.07, 6.45) is 2.00. The second-order valence-electron chi connectivity index (χ2n) is 4.25. The molecule has 20 heavy (non-hydrogen) atoms. The van der Waals surface area contributed by atoms with Crippen molar-refractivity contribution in [2.24, 2.45) is 0 Å². The highest BCUT2D eigenvalue weighted by molar-refractivity contribution is 5.98. The number of carbonyl (C=O) groups is 2. The van der Waals surface area contributed by atoms with Crippen molar-refractivity contribution >= 4 is 23.3 Å². The summed E-state index contributed by atoms with van der Waals surface area (Å²) in [4.78, 5) is 22.9. The first kappa shape index (κ1) is 13.9. The third-order valence-electron chi connectivity index (χ3n) is 2.96. The summed E-state index contributed by atoms with van der Waals surface area (Å²) in [5.41, 5.74) is 3.00. The Morgan fingerprint density at radius 2 is 2.10 bits per heavy atom. The van der Waals surface area contributed by atoms with Gasteiger partial charge < -0.3 is 20.1 Å². The summed E-state index contributed by atoms with van der Waals surface area (Å²) in [5.74, 6) is -1.25. The Morgan fingerprint density at radius 1 is 1.30 bits per heavy atom. The highest BCUT2D eigenvalue weighted by Gasteiger charge is 2.15. The van der Waals surface area contributed by atoms with Crippen molar-refractivity contribution < 1.29 is 19.1 Å². The lowest BCUT2D eigenvalue weighted by molar-refractivity contribution is -0.138. The van der Waals surface area contributed by atoms with Gasteiger partial charge in [-0.05, 0) is 30.2 Å². The van der Waals surface area contributed by atoms with Gasteiger partial charge in [0.1, 0.15) is 5.70 Å². The zero-order chi connectivity index (χ0) is 14.5. The summed E-state index contributed by atoms with van der Waals surface area (Å²) < 4.78 is 9.15. The molecule has 0 fully saturated rings. The van der Waals surface area contributed by atoms with Crippen LogP contribution in [0.15, 0.2) is 30.0 Å². The molecule has 0 atom stereocenters. The van der Waals surface area contributed by atoms with E-state index in [9.17, 15) is 9.59 Å². The standard InChI is InChI=1S/C14H16N2O4/c1-19-13(17)8-12(14(18)20-2)16-10-3-4-11-9(7-10)5-6-15-11/h3-4,7-8,15-16H,5-6H2,1-2H3/b12-8+. The van der Waals surface area contributed by atoms with Crippen LogP contribution in [0.3, 0.4) is 0 Å². The zero-order valence-corrected chi connectivity index (χ0v) is 11.4. The van der Waals surface area contributed by atoms with Crippen LogP contribution in [-0.4, -0.2) is 32.7 Å². The van der Waals surface area contributed by atoms with Gasteiger partial charge in [0.2, 0.25) is 0 Å². The van der Waals surface area contributed by atoms with Gasteiger partial charge in [0.25, 0.3) is 0 Å². The van der Waals surface area contributed by atoms with Gasteiger partial charge in [0.15, 0.2) is 0 Å². The molecule has 0 aromatic heterocycles. The van der Waals surface area contributed by atoms with Crippen molar-refractivity contribution in [3.8, 4) is 0 Å². The van der Waals surface area contributed by atoms with Crippen LogP contribution in [0, 0.1) is 0 Å². The van der Waals surface area contributed by atoms with E-state index in [-0.39, 0.29) is 5.70 Å². The van der Waals surface area contributed by atoms with Crippen molar-refractivity contribution in [2.75, 3.05) is 31.4 Å². The number of hydrogen-bond acceptors (Lipinski definition) is 6. The van der Waals surface area contributed by atoms with E-state index >= 15 is 0 Å². The minimum atomic E-state index is -0.631. The van der Waals surface area contributed by atoms with E-state index in [1.165, 1.54) is 14.2 Å². The van der Waals surface area contributed by atoms with Gasteiger partial charge in [-0.3, -0.25) is 0 Å². The summed E-state index contributed by atoms with van der Waals surface area (Å²) >= 11 is 0. The number of hydrogen-bond donors (Lipinski definition) is 2. The van der Waals surface area contributed by atoms with Crippen LogP contribution >= 0.6 is 0 Å². The minimum absolute atomic E-state index is 0.0326. The van der Waals surface area contributed by atoms with Crippen LogP contribution < -0.4 is 10.6 Å². The SMILES string of the molecule is COC(=O)/C=C(/Nc1ccc2c(c1)CCN2)C(=O)OC. The van der Waals surface area contributed by atoms with Crippen LogP contribution in [0.1, 0.15) is 5.56 Å². The molecule has 6 nitrogen and oxygen atoms in total. The number of rotatable bonds is 4.